The molecule has 108 valence electrons. The van der Waals surface area contributed by atoms with E-state index in [2.05, 4.69) is 27.7 Å². The highest BCUT2D eigenvalue weighted by atomic mass is 16.7. The second-order valence-corrected chi connectivity index (χ2v) is 6.29. The Morgan fingerprint density at radius 2 is 1.89 bits per heavy atom. The van der Waals surface area contributed by atoms with Gasteiger partial charge in [-0.1, -0.05) is 40.5 Å². The van der Waals surface area contributed by atoms with Gasteiger partial charge in [-0.05, 0) is 24.7 Å². The van der Waals surface area contributed by atoms with Gasteiger partial charge in [0.1, 0.15) is 6.10 Å². The third-order valence-corrected chi connectivity index (χ3v) is 3.67. The molecule has 1 fully saturated rings. The molecule has 1 aliphatic rings. The summed E-state index contributed by atoms with van der Waals surface area (Å²) in [4.78, 5) is 0. The fourth-order valence-corrected chi connectivity index (χ4v) is 2.71. The van der Waals surface area contributed by atoms with Gasteiger partial charge in [0.2, 0.25) is 0 Å². The van der Waals surface area contributed by atoms with Crippen LogP contribution in [0.15, 0.2) is 0 Å². The van der Waals surface area contributed by atoms with Gasteiger partial charge >= 0.3 is 0 Å². The largest absolute Gasteiger partial charge is 0.394 e. The number of rotatable bonds is 8. The molecule has 0 aromatic carbocycles. The summed E-state index contributed by atoms with van der Waals surface area (Å²) in [6.45, 7) is 9.69. The Balaban J connectivity index is 2.12. The number of hydrogen-bond donors (Lipinski definition) is 1. The molecule has 4 unspecified atom stereocenters. The fraction of sp³-hybridized carbons (Fsp3) is 1.00. The summed E-state index contributed by atoms with van der Waals surface area (Å²) in [5.41, 5.74) is 0. The molecule has 0 aromatic rings. The van der Waals surface area contributed by atoms with Gasteiger partial charge in [0.15, 0.2) is 6.29 Å². The molecule has 3 nitrogen and oxygen atoms in total. The maximum absolute atomic E-state index is 8.99. The molecular weight excluding hydrogens is 228 g/mol. The maximum Gasteiger partial charge on any atom is 0.160 e. The second-order valence-electron chi connectivity index (χ2n) is 6.29. The topological polar surface area (TPSA) is 38.7 Å². The summed E-state index contributed by atoms with van der Waals surface area (Å²) < 4.78 is 11.2. The summed E-state index contributed by atoms with van der Waals surface area (Å²) >= 11 is 0. The molecule has 0 spiro atoms. The first-order chi connectivity index (χ1) is 8.52. The van der Waals surface area contributed by atoms with Gasteiger partial charge in [0.25, 0.3) is 0 Å². The van der Waals surface area contributed by atoms with Crippen LogP contribution >= 0.6 is 0 Å². The van der Waals surface area contributed by atoms with Crippen molar-refractivity contribution in [2.75, 3.05) is 13.2 Å². The van der Waals surface area contributed by atoms with Crippen molar-refractivity contribution < 1.29 is 14.6 Å². The van der Waals surface area contributed by atoms with Crippen LogP contribution in [0.1, 0.15) is 53.4 Å². The molecule has 1 rings (SSSR count). The molecule has 0 radical (unpaired) electrons. The molecule has 1 saturated heterocycles. The van der Waals surface area contributed by atoms with Crippen molar-refractivity contribution in [2.45, 2.75) is 65.8 Å². The van der Waals surface area contributed by atoms with E-state index in [1.807, 2.05) is 0 Å². The van der Waals surface area contributed by atoms with E-state index >= 15 is 0 Å². The van der Waals surface area contributed by atoms with Crippen LogP contribution in [0.5, 0.6) is 0 Å². The lowest BCUT2D eigenvalue weighted by atomic mass is 9.92. The van der Waals surface area contributed by atoms with Gasteiger partial charge in [-0.15, -0.1) is 0 Å². The Morgan fingerprint density at radius 1 is 1.17 bits per heavy atom. The highest BCUT2D eigenvalue weighted by Gasteiger charge is 2.29. The number of ether oxygens (including phenoxy) is 2. The number of aliphatic hydroxyl groups excluding tert-OH is 1. The molecule has 0 bridgehead atoms. The smallest absolute Gasteiger partial charge is 0.160 e. The van der Waals surface area contributed by atoms with Crippen LogP contribution < -0.4 is 0 Å². The van der Waals surface area contributed by atoms with Gasteiger partial charge in [-0.3, -0.25) is 0 Å². The lowest BCUT2D eigenvalue weighted by Gasteiger charge is -2.20. The molecule has 0 aromatic heterocycles. The first-order valence-corrected chi connectivity index (χ1v) is 7.40. The third kappa shape index (κ3) is 5.68. The first-order valence-electron chi connectivity index (χ1n) is 7.40. The van der Waals surface area contributed by atoms with E-state index in [1.54, 1.807) is 0 Å². The molecule has 1 N–H and O–H groups in total. The first kappa shape index (κ1) is 15.9. The fourth-order valence-electron chi connectivity index (χ4n) is 2.71. The van der Waals surface area contributed by atoms with Crippen molar-refractivity contribution in [1.29, 1.82) is 0 Å². The minimum absolute atomic E-state index is 0.0641. The van der Waals surface area contributed by atoms with Crippen LogP contribution in [0.25, 0.3) is 0 Å². The van der Waals surface area contributed by atoms with E-state index in [0.717, 1.165) is 18.3 Å². The van der Waals surface area contributed by atoms with Gasteiger partial charge in [0, 0.05) is 5.92 Å². The van der Waals surface area contributed by atoms with Crippen molar-refractivity contribution in [3.63, 3.8) is 0 Å². The standard InChI is InChI=1S/C15H30O3/c1-11(2)8-12(3)6-5-7-13(4)15-17-10-14(9-16)18-15/h11-16H,5-10H2,1-4H3. The summed E-state index contributed by atoms with van der Waals surface area (Å²) in [7, 11) is 0. The van der Waals surface area contributed by atoms with Crippen LogP contribution in [0, 0.1) is 17.8 Å². The van der Waals surface area contributed by atoms with Crippen LogP contribution in [-0.4, -0.2) is 30.7 Å². The Kier molecular flexibility index (Phi) is 7.20. The molecule has 0 amide bonds. The molecule has 3 heteroatoms. The molecule has 0 aliphatic carbocycles. The van der Waals surface area contributed by atoms with Crippen molar-refractivity contribution in [3.05, 3.63) is 0 Å². The summed E-state index contributed by atoms with van der Waals surface area (Å²) in [6, 6.07) is 0. The van der Waals surface area contributed by atoms with Gasteiger partial charge in [-0.2, -0.15) is 0 Å². The Morgan fingerprint density at radius 3 is 2.44 bits per heavy atom. The lowest BCUT2D eigenvalue weighted by Crippen LogP contribution is -2.21. The molecule has 4 atom stereocenters. The van der Waals surface area contributed by atoms with Crippen molar-refractivity contribution in [3.8, 4) is 0 Å². The van der Waals surface area contributed by atoms with Gasteiger partial charge in [-0.25, -0.2) is 0 Å². The molecule has 18 heavy (non-hydrogen) atoms. The van der Waals surface area contributed by atoms with Crippen molar-refractivity contribution in [2.24, 2.45) is 17.8 Å². The van der Waals surface area contributed by atoms with Crippen molar-refractivity contribution >= 4 is 0 Å². The zero-order valence-corrected chi connectivity index (χ0v) is 12.4. The van der Waals surface area contributed by atoms with Gasteiger partial charge in [0.05, 0.1) is 13.2 Å². The molecular formula is C15H30O3. The average Bonchev–Trinajstić information content (AvgIpc) is 2.76. The van der Waals surface area contributed by atoms with E-state index in [9.17, 15) is 0 Å². The quantitative estimate of drug-likeness (QED) is 0.726. The Hall–Kier alpha value is -0.120. The van der Waals surface area contributed by atoms with Crippen LogP contribution in [-0.2, 0) is 9.47 Å². The second kappa shape index (κ2) is 8.13. The zero-order valence-electron chi connectivity index (χ0n) is 12.4. The molecule has 0 saturated carbocycles. The summed E-state index contributed by atoms with van der Waals surface area (Å²) in [5.74, 6) is 2.03. The van der Waals surface area contributed by atoms with Crippen LogP contribution in [0.3, 0.4) is 0 Å². The number of hydrogen-bond acceptors (Lipinski definition) is 3. The zero-order chi connectivity index (χ0) is 13.5. The van der Waals surface area contributed by atoms with Crippen LogP contribution in [0.2, 0.25) is 0 Å². The van der Waals surface area contributed by atoms with E-state index in [4.69, 9.17) is 14.6 Å². The Bertz CT molecular complexity index is 218. The van der Waals surface area contributed by atoms with Crippen LogP contribution in [0.4, 0.5) is 0 Å². The average molecular weight is 258 g/mol. The lowest BCUT2D eigenvalue weighted by molar-refractivity contribution is -0.0993. The minimum atomic E-state index is -0.114. The number of aliphatic hydroxyl groups is 1. The predicted octanol–water partition coefficient (Wildman–Crippen LogP) is 3.21. The molecule has 1 heterocycles. The maximum atomic E-state index is 8.99. The third-order valence-electron chi connectivity index (χ3n) is 3.67. The molecule has 1 aliphatic heterocycles. The van der Waals surface area contributed by atoms with E-state index in [-0.39, 0.29) is 19.0 Å². The predicted molar refractivity (Wildman–Crippen MR) is 73.3 cm³/mol. The van der Waals surface area contributed by atoms with Crippen molar-refractivity contribution in [1.82, 2.24) is 0 Å². The highest BCUT2D eigenvalue weighted by Crippen LogP contribution is 2.25. The summed E-state index contributed by atoms with van der Waals surface area (Å²) in [5, 5.41) is 8.99. The normalized spacial score (nSPS) is 27.7. The van der Waals surface area contributed by atoms with E-state index in [1.165, 1.54) is 19.3 Å². The monoisotopic (exact) mass is 258 g/mol. The summed E-state index contributed by atoms with van der Waals surface area (Å²) in [6.07, 6.45) is 4.77. The highest BCUT2D eigenvalue weighted by molar-refractivity contribution is 4.69. The van der Waals surface area contributed by atoms with Gasteiger partial charge < -0.3 is 14.6 Å². The van der Waals surface area contributed by atoms with E-state index in [0.29, 0.717) is 12.5 Å². The van der Waals surface area contributed by atoms with E-state index < -0.39 is 0 Å². The SMILES string of the molecule is CC(C)CC(C)CCCC(C)C1OCC(CO)O1. The Labute approximate surface area is 112 Å². The minimum Gasteiger partial charge on any atom is -0.394 e.